The lowest BCUT2D eigenvalue weighted by Gasteiger charge is -2.07. The van der Waals surface area contributed by atoms with E-state index in [9.17, 15) is 8.78 Å². The fourth-order valence-corrected chi connectivity index (χ4v) is 1.61. The van der Waals surface area contributed by atoms with Crippen molar-refractivity contribution in [1.82, 2.24) is 9.97 Å². The van der Waals surface area contributed by atoms with Gasteiger partial charge in [0, 0.05) is 11.8 Å². The van der Waals surface area contributed by atoms with Gasteiger partial charge >= 0.3 is 6.29 Å². The van der Waals surface area contributed by atoms with Crippen molar-refractivity contribution in [2.75, 3.05) is 11.1 Å². The molecule has 0 spiro atoms. The Labute approximate surface area is 106 Å². The van der Waals surface area contributed by atoms with Crippen molar-refractivity contribution in [1.29, 1.82) is 0 Å². The Morgan fingerprint density at radius 2 is 2.00 bits per heavy atom. The van der Waals surface area contributed by atoms with Gasteiger partial charge in [-0.05, 0) is 12.1 Å². The van der Waals surface area contributed by atoms with Crippen LogP contribution in [0.5, 0.6) is 11.5 Å². The monoisotopic (exact) mass is 266 g/mol. The van der Waals surface area contributed by atoms with Crippen LogP contribution >= 0.6 is 0 Å². The quantitative estimate of drug-likeness (QED) is 0.866. The molecule has 3 N–H and O–H groups in total. The average Bonchev–Trinajstić information content (AvgIpc) is 2.65. The van der Waals surface area contributed by atoms with Crippen LogP contribution in [0.1, 0.15) is 0 Å². The molecule has 0 amide bonds. The molecule has 1 aromatic heterocycles. The van der Waals surface area contributed by atoms with Gasteiger partial charge in [0.1, 0.15) is 6.33 Å². The minimum absolute atomic E-state index is 0.0220. The summed E-state index contributed by atoms with van der Waals surface area (Å²) in [7, 11) is 0. The molecule has 0 fully saturated rings. The summed E-state index contributed by atoms with van der Waals surface area (Å²) in [6.45, 7) is 0. The van der Waals surface area contributed by atoms with Crippen LogP contribution in [0, 0.1) is 0 Å². The zero-order valence-electron chi connectivity index (χ0n) is 9.43. The molecule has 19 heavy (non-hydrogen) atoms. The zero-order valence-corrected chi connectivity index (χ0v) is 9.43. The maximum absolute atomic E-state index is 12.9. The highest BCUT2D eigenvalue weighted by Gasteiger charge is 2.43. The molecule has 0 bridgehead atoms. The second kappa shape index (κ2) is 3.94. The van der Waals surface area contributed by atoms with E-state index in [1.54, 1.807) is 6.07 Å². The molecule has 0 saturated carbocycles. The lowest BCUT2D eigenvalue weighted by Crippen LogP contribution is -2.25. The molecule has 3 rings (SSSR count). The number of hydrogen-bond acceptors (Lipinski definition) is 6. The molecule has 0 unspecified atom stereocenters. The van der Waals surface area contributed by atoms with Gasteiger partial charge in [-0.1, -0.05) is 0 Å². The third kappa shape index (κ3) is 2.19. The number of fused-ring (bicyclic) bond motifs is 1. The summed E-state index contributed by atoms with van der Waals surface area (Å²) >= 11 is 0. The number of halogens is 2. The SMILES string of the molecule is Nc1cncnc1Nc1ccc2c(c1)OC(F)(F)O2. The summed E-state index contributed by atoms with van der Waals surface area (Å²) in [5.41, 5.74) is 6.49. The Morgan fingerprint density at radius 3 is 2.79 bits per heavy atom. The highest BCUT2D eigenvalue weighted by atomic mass is 19.3. The fourth-order valence-electron chi connectivity index (χ4n) is 1.61. The molecule has 1 aromatic carbocycles. The third-order valence-electron chi connectivity index (χ3n) is 2.40. The number of ether oxygens (including phenoxy) is 2. The van der Waals surface area contributed by atoms with E-state index < -0.39 is 6.29 Å². The Hall–Kier alpha value is -2.64. The normalized spacial score (nSPS) is 15.3. The number of benzene rings is 1. The second-order valence-corrected chi connectivity index (χ2v) is 3.78. The molecule has 0 atom stereocenters. The van der Waals surface area contributed by atoms with Gasteiger partial charge in [0.05, 0.1) is 11.9 Å². The van der Waals surface area contributed by atoms with Crippen molar-refractivity contribution in [3.8, 4) is 11.5 Å². The molecule has 1 aliphatic rings. The van der Waals surface area contributed by atoms with Gasteiger partial charge in [-0.25, -0.2) is 9.97 Å². The van der Waals surface area contributed by atoms with Crippen molar-refractivity contribution in [2.24, 2.45) is 0 Å². The predicted octanol–water partition coefficient (Wildman–Crippen LogP) is 2.12. The van der Waals surface area contributed by atoms with Crippen molar-refractivity contribution < 1.29 is 18.3 Å². The Morgan fingerprint density at radius 1 is 1.21 bits per heavy atom. The van der Waals surface area contributed by atoms with Gasteiger partial charge in [-0.15, -0.1) is 8.78 Å². The van der Waals surface area contributed by atoms with Crippen LogP contribution in [-0.4, -0.2) is 16.3 Å². The molecule has 98 valence electrons. The lowest BCUT2D eigenvalue weighted by molar-refractivity contribution is -0.286. The maximum atomic E-state index is 12.9. The van der Waals surface area contributed by atoms with Crippen LogP contribution in [0.25, 0.3) is 0 Å². The van der Waals surface area contributed by atoms with Crippen molar-refractivity contribution >= 4 is 17.2 Å². The largest absolute Gasteiger partial charge is 0.586 e. The van der Waals surface area contributed by atoms with E-state index >= 15 is 0 Å². The zero-order chi connectivity index (χ0) is 13.5. The van der Waals surface area contributed by atoms with Crippen LogP contribution in [0.15, 0.2) is 30.7 Å². The van der Waals surface area contributed by atoms with Crippen LogP contribution in [0.4, 0.5) is 26.0 Å². The molecule has 2 heterocycles. The summed E-state index contributed by atoms with van der Waals surface area (Å²) < 4.78 is 34.3. The van der Waals surface area contributed by atoms with Gasteiger partial charge < -0.3 is 20.5 Å². The summed E-state index contributed by atoms with van der Waals surface area (Å²) in [5, 5.41) is 2.87. The van der Waals surface area contributed by atoms with Gasteiger partial charge in [0.25, 0.3) is 0 Å². The molecule has 0 aliphatic carbocycles. The first kappa shape index (κ1) is 11.5. The molecule has 6 nitrogen and oxygen atoms in total. The molecule has 8 heteroatoms. The van der Waals surface area contributed by atoms with Crippen molar-refractivity contribution in [2.45, 2.75) is 6.29 Å². The molecule has 1 aliphatic heterocycles. The third-order valence-corrected chi connectivity index (χ3v) is 2.40. The number of nitrogens with zero attached hydrogens (tertiary/aromatic N) is 2. The Bertz CT molecular complexity index is 636. The summed E-state index contributed by atoms with van der Waals surface area (Å²) in [6, 6.07) is 4.29. The highest BCUT2D eigenvalue weighted by molar-refractivity contribution is 5.69. The van der Waals surface area contributed by atoms with E-state index in [2.05, 4.69) is 24.8 Å². The smallest absolute Gasteiger partial charge is 0.395 e. The number of nitrogens with one attached hydrogen (secondary N) is 1. The number of alkyl halides is 2. The number of nitrogens with two attached hydrogens (primary N) is 1. The van der Waals surface area contributed by atoms with Crippen LogP contribution in [0.3, 0.4) is 0 Å². The number of rotatable bonds is 2. The number of aromatic nitrogens is 2. The molecule has 0 radical (unpaired) electrons. The minimum atomic E-state index is -3.63. The standard InChI is InChI=1S/C11H8F2N4O2/c12-11(13)18-8-2-1-6(3-9(8)19-11)17-10-7(14)4-15-5-16-10/h1-5H,14H2,(H,15,16,17). The average molecular weight is 266 g/mol. The number of anilines is 3. The van der Waals surface area contributed by atoms with Crippen LogP contribution in [0.2, 0.25) is 0 Å². The van der Waals surface area contributed by atoms with Gasteiger partial charge in [0.15, 0.2) is 17.3 Å². The Balaban J connectivity index is 1.87. The van der Waals surface area contributed by atoms with E-state index in [0.29, 0.717) is 17.2 Å². The van der Waals surface area contributed by atoms with Crippen LogP contribution in [-0.2, 0) is 0 Å². The van der Waals surface area contributed by atoms with Crippen molar-refractivity contribution in [3.05, 3.63) is 30.7 Å². The molecular weight excluding hydrogens is 258 g/mol. The van der Waals surface area contributed by atoms with E-state index in [1.165, 1.54) is 24.7 Å². The first-order valence-corrected chi connectivity index (χ1v) is 5.26. The summed E-state index contributed by atoms with van der Waals surface area (Å²) in [6.07, 6.45) is -0.884. The summed E-state index contributed by atoms with van der Waals surface area (Å²) in [5.74, 6) is 0.300. The molecule has 2 aromatic rings. The Kier molecular flexibility index (Phi) is 2.37. The van der Waals surface area contributed by atoms with Crippen LogP contribution < -0.4 is 20.5 Å². The first-order valence-electron chi connectivity index (χ1n) is 5.26. The maximum Gasteiger partial charge on any atom is 0.586 e. The highest BCUT2D eigenvalue weighted by Crippen LogP contribution is 2.42. The van der Waals surface area contributed by atoms with Gasteiger partial charge in [0.2, 0.25) is 0 Å². The molecular formula is C11H8F2N4O2. The van der Waals surface area contributed by atoms with E-state index in [1.807, 2.05) is 0 Å². The topological polar surface area (TPSA) is 82.3 Å². The molecule has 0 saturated heterocycles. The first-order chi connectivity index (χ1) is 9.03. The number of hydrogen-bond donors (Lipinski definition) is 2. The second-order valence-electron chi connectivity index (χ2n) is 3.78. The van der Waals surface area contributed by atoms with E-state index in [0.717, 1.165) is 0 Å². The van der Waals surface area contributed by atoms with E-state index in [-0.39, 0.29) is 11.5 Å². The minimum Gasteiger partial charge on any atom is -0.395 e. The lowest BCUT2D eigenvalue weighted by atomic mass is 10.2. The summed E-state index contributed by atoms with van der Waals surface area (Å²) in [4.78, 5) is 7.67. The van der Waals surface area contributed by atoms with Gasteiger partial charge in [-0.3, -0.25) is 0 Å². The van der Waals surface area contributed by atoms with Crippen molar-refractivity contribution in [3.63, 3.8) is 0 Å². The van der Waals surface area contributed by atoms with Gasteiger partial charge in [-0.2, -0.15) is 0 Å². The number of nitrogen functional groups attached to an aromatic ring is 1. The van der Waals surface area contributed by atoms with E-state index in [4.69, 9.17) is 5.73 Å². The predicted molar refractivity (Wildman–Crippen MR) is 62.4 cm³/mol. The fraction of sp³-hybridized carbons (Fsp3) is 0.0909.